The Kier molecular flexibility index (Phi) is 3.77. The Labute approximate surface area is 110 Å². The number of carbonyl (C=O) groups excluding carboxylic acids is 1. The van der Waals surface area contributed by atoms with E-state index in [0.29, 0.717) is 17.9 Å². The second-order valence-electron chi connectivity index (χ2n) is 4.15. The van der Waals surface area contributed by atoms with Gasteiger partial charge in [-0.25, -0.2) is 4.98 Å². The second kappa shape index (κ2) is 5.31. The zero-order valence-electron chi connectivity index (χ0n) is 10.7. The Balaban J connectivity index is 2.17. The van der Waals surface area contributed by atoms with Gasteiger partial charge in [0.2, 0.25) is 0 Å². The molecule has 2 aromatic rings. The van der Waals surface area contributed by atoms with Crippen LogP contribution in [0, 0.1) is 20.8 Å². The quantitative estimate of drug-likeness (QED) is 0.791. The highest BCUT2D eigenvalue weighted by Gasteiger charge is 2.09. The minimum Gasteiger partial charge on any atom is -0.485 e. The first-order valence-electron chi connectivity index (χ1n) is 5.72. The highest BCUT2D eigenvalue weighted by molar-refractivity contribution is 7.11. The first kappa shape index (κ1) is 12.8. The lowest BCUT2D eigenvalue weighted by atomic mass is 10.1. The van der Waals surface area contributed by atoms with Gasteiger partial charge in [-0.1, -0.05) is 12.1 Å². The second-order valence-corrected chi connectivity index (χ2v) is 5.44. The summed E-state index contributed by atoms with van der Waals surface area (Å²) in [6, 6.07) is 5.54. The molecule has 1 heterocycles. The van der Waals surface area contributed by atoms with Crippen LogP contribution in [0.15, 0.2) is 18.2 Å². The fraction of sp³-hybridized carbons (Fsp3) is 0.286. The Bertz CT molecular complexity index is 556. The molecule has 0 aliphatic heterocycles. The van der Waals surface area contributed by atoms with Crippen LogP contribution in [0.5, 0.6) is 5.75 Å². The summed E-state index contributed by atoms with van der Waals surface area (Å²) in [5.41, 5.74) is 2.59. The third-order valence-electron chi connectivity index (χ3n) is 2.78. The molecule has 0 atom stereocenters. The Hall–Kier alpha value is -1.68. The predicted octanol–water partition coefficient (Wildman–Crippen LogP) is 3.46. The first-order chi connectivity index (χ1) is 8.61. The minimum atomic E-state index is 0.408. The third-order valence-corrected chi connectivity index (χ3v) is 3.83. The number of aldehydes is 1. The molecule has 0 unspecified atom stereocenters. The molecule has 0 saturated heterocycles. The topological polar surface area (TPSA) is 39.2 Å². The average Bonchev–Trinajstić information content (AvgIpc) is 2.67. The fourth-order valence-corrected chi connectivity index (χ4v) is 2.55. The number of aryl methyl sites for hydroxylation is 3. The smallest absolute Gasteiger partial charge is 0.153 e. The van der Waals surface area contributed by atoms with Gasteiger partial charge in [0, 0.05) is 4.88 Å². The maximum Gasteiger partial charge on any atom is 0.153 e. The number of carbonyl (C=O) groups is 1. The number of hydrogen-bond acceptors (Lipinski definition) is 4. The van der Waals surface area contributed by atoms with Crippen LogP contribution in [-0.2, 0) is 6.61 Å². The molecule has 94 valence electrons. The molecule has 0 spiro atoms. The summed E-state index contributed by atoms with van der Waals surface area (Å²) in [7, 11) is 0. The van der Waals surface area contributed by atoms with Gasteiger partial charge in [0.15, 0.2) is 6.29 Å². The molecule has 0 amide bonds. The first-order valence-corrected chi connectivity index (χ1v) is 6.54. The number of aromatic nitrogens is 1. The van der Waals surface area contributed by atoms with Crippen LogP contribution in [0.3, 0.4) is 0 Å². The maximum absolute atomic E-state index is 11.0. The van der Waals surface area contributed by atoms with E-state index in [1.54, 1.807) is 17.4 Å². The number of nitrogens with zero attached hydrogens (tertiary/aromatic N) is 1. The van der Waals surface area contributed by atoms with E-state index in [1.807, 2.05) is 32.9 Å². The number of hydrogen-bond donors (Lipinski definition) is 0. The van der Waals surface area contributed by atoms with Crippen molar-refractivity contribution < 1.29 is 9.53 Å². The summed E-state index contributed by atoms with van der Waals surface area (Å²) in [6.07, 6.45) is 0.820. The Morgan fingerprint density at radius 3 is 2.72 bits per heavy atom. The van der Waals surface area contributed by atoms with Crippen molar-refractivity contribution in [2.45, 2.75) is 27.4 Å². The highest BCUT2D eigenvalue weighted by Crippen LogP contribution is 2.24. The third kappa shape index (κ3) is 2.59. The van der Waals surface area contributed by atoms with E-state index in [4.69, 9.17) is 4.74 Å². The van der Waals surface area contributed by atoms with E-state index in [1.165, 1.54) is 4.88 Å². The van der Waals surface area contributed by atoms with Crippen molar-refractivity contribution >= 4 is 17.6 Å². The molecule has 0 bridgehead atoms. The summed E-state index contributed by atoms with van der Waals surface area (Å²) in [5, 5.41) is 0.935. The van der Waals surface area contributed by atoms with Gasteiger partial charge in [0.25, 0.3) is 0 Å². The van der Waals surface area contributed by atoms with Crippen molar-refractivity contribution in [2.75, 3.05) is 0 Å². The van der Waals surface area contributed by atoms with Gasteiger partial charge < -0.3 is 4.74 Å². The van der Waals surface area contributed by atoms with Gasteiger partial charge in [0.05, 0.1) is 11.3 Å². The Morgan fingerprint density at radius 1 is 1.33 bits per heavy atom. The van der Waals surface area contributed by atoms with Gasteiger partial charge in [-0.2, -0.15) is 0 Å². The van der Waals surface area contributed by atoms with Crippen LogP contribution in [0.2, 0.25) is 0 Å². The molecular weight excluding hydrogens is 246 g/mol. The zero-order chi connectivity index (χ0) is 13.1. The largest absolute Gasteiger partial charge is 0.485 e. The molecule has 0 aliphatic rings. The minimum absolute atomic E-state index is 0.408. The molecule has 0 saturated carbocycles. The lowest BCUT2D eigenvalue weighted by molar-refractivity contribution is 0.111. The van der Waals surface area contributed by atoms with Gasteiger partial charge in [-0.05, 0) is 32.4 Å². The van der Waals surface area contributed by atoms with E-state index in [0.717, 1.165) is 22.6 Å². The van der Waals surface area contributed by atoms with Crippen LogP contribution in [0.1, 0.15) is 31.5 Å². The van der Waals surface area contributed by atoms with Crippen LogP contribution in [0.4, 0.5) is 0 Å². The summed E-state index contributed by atoms with van der Waals surface area (Å²) >= 11 is 1.63. The molecule has 4 heteroatoms. The van der Waals surface area contributed by atoms with Crippen LogP contribution in [-0.4, -0.2) is 11.3 Å². The van der Waals surface area contributed by atoms with Crippen LogP contribution < -0.4 is 4.74 Å². The zero-order valence-corrected chi connectivity index (χ0v) is 11.5. The molecule has 0 aliphatic carbocycles. The molecule has 0 radical (unpaired) electrons. The number of benzene rings is 1. The summed E-state index contributed by atoms with van der Waals surface area (Å²) in [4.78, 5) is 16.6. The molecule has 3 nitrogen and oxygen atoms in total. The average molecular weight is 261 g/mol. The fourth-order valence-electron chi connectivity index (χ4n) is 1.70. The number of thiazole rings is 1. The van der Waals surface area contributed by atoms with Crippen molar-refractivity contribution in [3.05, 3.63) is 44.9 Å². The highest BCUT2D eigenvalue weighted by atomic mass is 32.1. The molecule has 0 fully saturated rings. The van der Waals surface area contributed by atoms with E-state index < -0.39 is 0 Å². The molecule has 18 heavy (non-hydrogen) atoms. The van der Waals surface area contributed by atoms with Crippen LogP contribution in [0.25, 0.3) is 0 Å². The standard InChI is InChI=1S/C14H15NO2S/c1-9-5-4-6-12(7-16)14(9)17-8-13-15-10(2)11(3)18-13/h4-7H,8H2,1-3H3. The molecule has 1 aromatic carbocycles. The SMILES string of the molecule is Cc1cccc(C=O)c1OCc1nc(C)c(C)s1. The molecule has 2 rings (SSSR count). The molecule has 0 N–H and O–H groups in total. The number of ether oxygens (including phenoxy) is 1. The van der Waals surface area contributed by atoms with Crippen molar-refractivity contribution in [1.82, 2.24) is 4.98 Å². The van der Waals surface area contributed by atoms with E-state index in [2.05, 4.69) is 4.98 Å². The van der Waals surface area contributed by atoms with Gasteiger partial charge in [0.1, 0.15) is 17.4 Å². The van der Waals surface area contributed by atoms with Gasteiger partial charge in [-0.15, -0.1) is 11.3 Å². The predicted molar refractivity (Wildman–Crippen MR) is 72.5 cm³/mol. The van der Waals surface area contributed by atoms with Crippen molar-refractivity contribution in [1.29, 1.82) is 0 Å². The molecule has 1 aromatic heterocycles. The number of rotatable bonds is 4. The summed E-state index contributed by atoms with van der Waals surface area (Å²) < 4.78 is 5.73. The van der Waals surface area contributed by atoms with Crippen molar-refractivity contribution in [3.63, 3.8) is 0 Å². The van der Waals surface area contributed by atoms with E-state index >= 15 is 0 Å². The monoisotopic (exact) mass is 261 g/mol. The van der Waals surface area contributed by atoms with Crippen molar-refractivity contribution in [3.8, 4) is 5.75 Å². The lowest BCUT2D eigenvalue weighted by Crippen LogP contribution is -1.99. The number of para-hydroxylation sites is 1. The molecular formula is C14H15NO2S. The normalized spacial score (nSPS) is 10.4. The summed E-state index contributed by atoms with van der Waals surface area (Å²) in [6.45, 7) is 6.37. The van der Waals surface area contributed by atoms with E-state index in [9.17, 15) is 4.79 Å². The van der Waals surface area contributed by atoms with Gasteiger partial charge in [-0.3, -0.25) is 4.79 Å². The van der Waals surface area contributed by atoms with Crippen molar-refractivity contribution in [2.24, 2.45) is 0 Å². The van der Waals surface area contributed by atoms with E-state index in [-0.39, 0.29) is 0 Å². The van der Waals surface area contributed by atoms with Gasteiger partial charge >= 0.3 is 0 Å². The maximum atomic E-state index is 11.0. The summed E-state index contributed by atoms with van der Waals surface area (Å²) in [5.74, 6) is 0.651. The lowest BCUT2D eigenvalue weighted by Gasteiger charge is -2.09. The Morgan fingerprint density at radius 2 is 2.11 bits per heavy atom. The van der Waals surface area contributed by atoms with Crippen LogP contribution >= 0.6 is 11.3 Å².